The van der Waals surface area contributed by atoms with Crippen LogP contribution < -0.4 is 10.6 Å². The fourth-order valence-corrected chi connectivity index (χ4v) is 4.81. The van der Waals surface area contributed by atoms with Gasteiger partial charge in [-0.25, -0.2) is 4.79 Å². The van der Waals surface area contributed by atoms with Crippen LogP contribution >= 0.6 is 11.8 Å². The van der Waals surface area contributed by atoms with Crippen LogP contribution in [0.2, 0.25) is 0 Å². The van der Waals surface area contributed by atoms with Crippen LogP contribution in [0, 0.1) is 0 Å². The number of aromatic nitrogens is 1. The molecule has 4 rings (SSSR count). The predicted octanol–water partition coefficient (Wildman–Crippen LogP) is 5.90. The van der Waals surface area contributed by atoms with Gasteiger partial charge in [0, 0.05) is 22.4 Å². The van der Waals surface area contributed by atoms with E-state index >= 15 is 0 Å². The number of amides is 1. The summed E-state index contributed by atoms with van der Waals surface area (Å²) in [6, 6.07) is 14.8. The summed E-state index contributed by atoms with van der Waals surface area (Å²) in [7, 11) is 0. The van der Waals surface area contributed by atoms with Crippen LogP contribution in [0.15, 0.2) is 59.5 Å². The lowest BCUT2D eigenvalue weighted by molar-refractivity contribution is -0.212. The third kappa shape index (κ3) is 6.00. The standard InChI is InChI=1S/C26H23F3N2O5S/c1-2-4-16-11-20-24(21(12-16)36-35-14-22(32)33)23-18(25(30)34)5-3-6-19(23)31(20)13-15-7-9-17(10-8-15)37-26(27,28)29/h3,5-12H,2,4,13-14H2,1H3,(H2,30,34)(H,32,33). The van der Waals surface area contributed by atoms with E-state index in [0.717, 1.165) is 17.5 Å². The number of nitrogens with two attached hydrogens (primary N) is 1. The first-order valence-corrected chi connectivity index (χ1v) is 12.1. The smallest absolute Gasteiger partial charge is 0.446 e. The molecule has 0 saturated carbocycles. The normalized spacial score (nSPS) is 11.8. The molecule has 7 nitrogen and oxygen atoms in total. The lowest BCUT2D eigenvalue weighted by Gasteiger charge is -2.12. The van der Waals surface area contributed by atoms with Crippen LogP contribution in [-0.4, -0.2) is 33.7 Å². The van der Waals surface area contributed by atoms with Gasteiger partial charge in [0.25, 0.3) is 0 Å². The summed E-state index contributed by atoms with van der Waals surface area (Å²) in [4.78, 5) is 33.7. The summed E-state index contributed by atoms with van der Waals surface area (Å²) in [5.41, 5.74) is 4.49. The summed E-state index contributed by atoms with van der Waals surface area (Å²) in [6.45, 7) is 1.60. The molecule has 0 aliphatic rings. The third-order valence-electron chi connectivity index (χ3n) is 5.65. The molecule has 37 heavy (non-hydrogen) atoms. The van der Waals surface area contributed by atoms with Gasteiger partial charge in [0.1, 0.15) is 0 Å². The molecular weight excluding hydrogens is 509 g/mol. The van der Waals surface area contributed by atoms with Gasteiger partial charge in [-0.05, 0) is 65.7 Å². The quantitative estimate of drug-likeness (QED) is 0.150. The van der Waals surface area contributed by atoms with Crippen LogP contribution in [0.5, 0.6) is 5.75 Å². The van der Waals surface area contributed by atoms with Crippen LogP contribution in [0.25, 0.3) is 21.8 Å². The Balaban J connectivity index is 1.90. The lowest BCUT2D eigenvalue weighted by atomic mass is 10.0. The third-order valence-corrected chi connectivity index (χ3v) is 6.39. The fraction of sp³-hybridized carbons (Fsp3) is 0.231. The first-order chi connectivity index (χ1) is 17.6. The summed E-state index contributed by atoms with van der Waals surface area (Å²) >= 11 is -0.184. The molecule has 1 amide bonds. The number of carbonyl (C=O) groups excluding carboxylic acids is 1. The number of benzene rings is 3. The fourth-order valence-electron chi connectivity index (χ4n) is 4.27. The van der Waals surface area contributed by atoms with Gasteiger partial charge in [-0.1, -0.05) is 31.5 Å². The number of carbonyl (C=O) groups is 2. The van der Waals surface area contributed by atoms with E-state index in [9.17, 15) is 22.8 Å². The van der Waals surface area contributed by atoms with E-state index < -0.39 is 24.0 Å². The zero-order chi connectivity index (χ0) is 26.7. The minimum atomic E-state index is -4.38. The molecule has 0 fully saturated rings. The minimum Gasteiger partial charge on any atom is -0.479 e. The molecule has 1 aromatic heterocycles. The van der Waals surface area contributed by atoms with Gasteiger partial charge >= 0.3 is 11.5 Å². The monoisotopic (exact) mass is 532 g/mol. The number of nitrogens with zero attached hydrogens (tertiary/aromatic N) is 1. The van der Waals surface area contributed by atoms with Crippen molar-refractivity contribution >= 4 is 45.4 Å². The van der Waals surface area contributed by atoms with E-state index in [1.807, 2.05) is 17.6 Å². The van der Waals surface area contributed by atoms with E-state index in [0.29, 0.717) is 28.2 Å². The van der Waals surface area contributed by atoms with Gasteiger partial charge in [0.2, 0.25) is 5.91 Å². The number of primary amides is 1. The van der Waals surface area contributed by atoms with E-state index in [1.165, 1.54) is 12.1 Å². The molecule has 3 N–H and O–H groups in total. The Morgan fingerprint density at radius 2 is 1.76 bits per heavy atom. The Kier molecular flexibility index (Phi) is 7.65. The molecule has 0 spiro atoms. The second kappa shape index (κ2) is 10.7. The highest BCUT2D eigenvalue weighted by molar-refractivity contribution is 8.00. The van der Waals surface area contributed by atoms with Crippen molar-refractivity contribution in [2.45, 2.75) is 36.7 Å². The van der Waals surface area contributed by atoms with Gasteiger partial charge in [-0.3, -0.25) is 4.79 Å². The van der Waals surface area contributed by atoms with Gasteiger partial charge in [0.15, 0.2) is 12.4 Å². The predicted molar refractivity (Wildman–Crippen MR) is 134 cm³/mol. The Hall–Kier alpha value is -3.70. The molecule has 0 radical (unpaired) electrons. The number of aryl methyl sites for hydroxylation is 1. The second-order valence-electron chi connectivity index (χ2n) is 8.32. The number of hydrogen-bond donors (Lipinski definition) is 2. The van der Waals surface area contributed by atoms with Crippen LogP contribution in [0.1, 0.15) is 34.8 Å². The lowest BCUT2D eigenvalue weighted by Crippen LogP contribution is -2.11. The highest BCUT2D eigenvalue weighted by Crippen LogP contribution is 2.40. The molecule has 0 unspecified atom stereocenters. The number of rotatable bonds is 10. The Morgan fingerprint density at radius 1 is 1.03 bits per heavy atom. The minimum absolute atomic E-state index is 0.0750. The Morgan fingerprint density at radius 3 is 2.38 bits per heavy atom. The van der Waals surface area contributed by atoms with Crippen molar-refractivity contribution in [1.82, 2.24) is 4.57 Å². The molecule has 0 atom stereocenters. The number of fused-ring (bicyclic) bond motifs is 3. The van der Waals surface area contributed by atoms with Crippen molar-refractivity contribution in [2.75, 3.05) is 6.61 Å². The average molecular weight is 533 g/mol. The zero-order valence-electron chi connectivity index (χ0n) is 19.7. The molecule has 0 aliphatic heterocycles. The molecule has 1 heterocycles. The summed E-state index contributed by atoms with van der Waals surface area (Å²) in [5.74, 6) is -1.64. The summed E-state index contributed by atoms with van der Waals surface area (Å²) in [5, 5.41) is 9.97. The molecule has 3 aromatic carbocycles. The Bertz CT molecular complexity index is 1470. The van der Waals surface area contributed by atoms with Crippen LogP contribution in [0.4, 0.5) is 13.2 Å². The van der Waals surface area contributed by atoms with Gasteiger partial charge in [0.05, 0.1) is 16.4 Å². The highest BCUT2D eigenvalue weighted by Gasteiger charge is 2.29. The van der Waals surface area contributed by atoms with Crippen molar-refractivity contribution in [2.24, 2.45) is 5.73 Å². The zero-order valence-corrected chi connectivity index (χ0v) is 20.5. The van der Waals surface area contributed by atoms with Crippen molar-refractivity contribution in [3.05, 3.63) is 71.3 Å². The summed E-state index contributed by atoms with van der Waals surface area (Å²) < 4.78 is 40.1. The van der Waals surface area contributed by atoms with E-state index in [2.05, 4.69) is 0 Å². The van der Waals surface area contributed by atoms with Crippen molar-refractivity contribution in [3.8, 4) is 5.75 Å². The van der Waals surface area contributed by atoms with Crippen LogP contribution in [-0.2, 0) is 22.6 Å². The first-order valence-electron chi connectivity index (χ1n) is 11.3. The van der Waals surface area contributed by atoms with E-state index in [1.54, 1.807) is 36.4 Å². The number of carboxylic acids is 1. The van der Waals surface area contributed by atoms with E-state index in [-0.39, 0.29) is 34.5 Å². The van der Waals surface area contributed by atoms with Gasteiger partial charge in [-0.15, -0.1) is 0 Å². The van der Waals surface area contributed by atoms with E-state index in [4.69, 9.17) is 20.6 Å². The highest BCUT2D eigenvalue weighted by atomic mass is 32.2. The number of thioether (sulfide) groups is 1. The van der Waals surface area contributed by atoms with Crippen molar-refractivity contribution in [1.29, 1.82) is 0 Å². The number of aliphatic carboxylic acids is 1. The SMILES string of the molecule is CCCc1cc(OOCC(=O)O)c2c3c(C(N)=O)cccc3n(Cc3ccc(SC(F)(F)F)cc3)c2c1. The molecule has 4 aromatic rings. The molecule has 0 aliphatic carbocycles. The maximum atomic E-state index is 12.7. The van der Waals surface area contributed by atoms with Crippen LogP contribution in [0.3, 0.4) is 0 Å². The maximum Gasteiger partial charge on any atom is 0.446 e. The molecule has 11 heteroatoms. The Labute approximate surface area is 213 Å². The number of halogens is 3. The average Bonchev–Trinajstić information content (AvgIpc) is 3.13. The maximum absolute atomic E-state index is 12.7. The molecular formula is C26H23F3N2O5S. The number of carboxylic acid groups (broad SMARTS) is 1. The topological polar surface area (TPSA) is 104 Å². The second-order valence-corrected chi connectivity index (χ2v) is 9.46. The number of alkyl halides is 3. The molecule has 0 saturated heterocycles. The number of hydrogen-bond acceptors (Lipinski definition) is 5. The molecule has 194 valence electrons. The molecule has 0 bridgehead atoms. The summed E-state index contributed by atoms with van der Waals surface area (Å²) in [6.07, 6.45) is 1.52. The van der Waals surface area contributed by atoms with Gasteiger partial charge in [-0.2, -0.15) is 18.1 Å². The van der Waals surface area contributed by atoms with Crippen molar-refractivity contribution < 1.29 is 37.6 Å². The van der Waals surface area contributed by atoms with Gasteiger partial charge < -0.3 is 20.3 Å². The van der Waals surface area contributed by atoms with Crippen molar-refractivity contribution in [3.63, 3.8) is 0 Å². The largest absolute Gasteiger partial charge is 0.479 e. The first kappa shape index (κ1) is 26.4.